The first-order valence-corrected chi connectivity index (χ1v) is 4.33. The maximum atomic E-state index is 10.5. The molecule has 0 unspecified atom stereocenters. The van der Waals surface area contributed by atoms with Crippen LogP contribution in [0.15, 0.2) is 36.4 Å². The number of benzene rings is 1. The fraction of sp³-hybridized carbons (Fsp3) is 0.100. The second-order valence-corrected chi connectivity index (χ2v) is 2.53. The van der Waals surface area contributed by atoms with Gasteiger partial charge in [-0.15, -0.1) is 0 Å². The highest BCUT2D eigenvalue weighted by Crippen LogP contribution is 2.00. The molecule has 1 aromatic carbocycles. The Bertz CT molecular complexity index is 402. The van der Waals surface area contributed by atoms with E-state index in [0.717, 1.165) is 5.56 Å². The highest BCUT2D eigenvalue weighted by Gasteiger charge is 1.83. The third-order valence-electron chi connectivity index (χ3n) is 1.31. The van der Waals surface area contributed by atoms with Crippen LogP contribution in [0.25, 0.3) is 38.0 Å². The molecule has 0 aliphatic heterocycles. The molecular weight excluding hydrogens is 220 g/mol. The average molecular weight is 230 g/mol. The minimum Gasteiger partial charge on any atom is -0.373 e. The number of allylic oxidation sites excluding steroid dienone is 1. The monoisotopic (exact) mass is 230 g/mol. The summed E-state index contributed by atoms with van der Waals surface area (Å²) in [4.78, 5) is 13.5. The van der Waals surface area contributed by atoms with Crippen LogP contribution in [0, 0.1) is 0 Å². The zero-order chi connectivity index (χ0) is 13.5. The molecule has 0 aliphatic rings. The number of carbonyl (C=O) groups excluding carboxylic acids is 1. The molecule has 0 saturated heterocycles. The Kier molecular flexibility index (Phi) is 13.0. The van der Waals surface area contributed by atoms with Gasteiger partial charge in [-0.05, 0) is 18.6 Å². The van der Waals surface area contributed by atoms with E-state index in [2.05, 4.69) is 0 Å². The summed E-state index contributed by atoms with van der Waals surface area (Å²) in [5.74, 6) is 0.0776. The van der Waals surface area contributed by atoms with Crippen molar-refractivity contribution in [2.75, 3.05) is 0 Å². The predicted octanol–water partition coefficient (Wildman–Crippen LogP) is 4.02. The molecule has 0 N–H and O–H groups in total. The normalized spacial score (nSPS) is 7.59. The zero-order valence-corrected chi connectivity index (χ0v) is 9.13. The number of rotatable bonds is 2. The number of hydrogen-bond acceptors (Lipinski definition) is 1. The van der Waals surface area contributed by atoms with Crippen molar-refractivity contribution in [3.8, 4) is 0 Å². The molecule has 0 saturated carbocycles. The van der Waals surface area contributed by atoms with Crippen molar-refractivity contribution in [3.05, 3.63) is 73.9 Å². The van der Waals surface area contributed by atoms with E-state index < -0.39 is 0 Å². The molecule has 0 spiro atoms. The van der Waals surface area contributed by atoms with Crippen molar-refractivity contribution in [3.63, 3.8) is 0 Å². The number of carbonyl (C=O) groups is 1. The van der Waals surface area contributed by atoms with Crippen molar-refractivity contribution >= 4 is 11.9 Å². The van der Waals surface area contributed by atoms with Crippen LogP contribution in [0.4, 0.5) is 0 Å². The Balaban J connectivity index is 0. The summed E-state index contributed by atoms with van der Waals surface area (Å²) in [6, 6.07) is 9.75. The fourth-order valence-electron chi connectivity index (χ4n) is 0.778. The molecule has 17 heavy (non-hydrogen) atoms. The maximum absolute atomic E-state index is 10.5. The minimum absolute atomic E-state index is 0.0776. The molecule has 0 amide bonds. The maximum Gasteiger partial charge on any atom is 0.152 e. The van der Waals surface area contributed by atoms with Crippen LogP contribution in [0.1, 0.15) is 12.5 Å². The van der Waals surface area contributed by atoms with Gasteiger partial charge in [0.1, 0.15) is 0 Å². The van der Waals surface area contributed by atoms with Crippen LogP contribution in [0.5, 0.6) is 0 Å². The first-order chi connectivity index (χ1) is 8.12. The Hall–Kier alpha value is -2.75. The lowest BCUT2D eigenvalue weighted by atomic mass is 10.2. The molecule has 0 atom stereocenters. The molecule has 0 radical (unpaired) electrons. The average Bonchev–Trinajstić information content (AvgIpc) is 2.30. The number of nitrogens with zero attached hydrogens (tertiary/aromatic N) is 6. The lowest BCUT2D eigenvalue weighted by Crippen LogP contribution is -1.79. The predicted molar refractivity (Wildman–Crippen MR) is 66.3 cm³/mol. The van der Waals surface area contributed by atoms with Crippen molar-refractivity contribution in [1.29, 1.82) is 0 Å². The van der Waals surface area contributed by atoms with E-state index in [1.54, 1.807) is 13.0 Å². The van der Waals surface area contributed by atoms with E-state index in [9.17, 15) is 4.79 Å². The second-order valence-electron chi connectivity index (χ2n) is 2.53. The van der Waals surface area contributed by atoms with Crippen molar-refractivity contribution in [1.82, 2.24) is 0 Å². The molecular formula is C10H10N6O-2. The Morgan fingerprint density at radius 3 is 1.82 bits per heavy atom. The SMILES string of the molecule is CC(=O)C=Cc1ccccc1.[N-]=[N+]=[N-].[N-]=[N+]=[N-]. The lowest BCUT2D eigenvalue weighted by Gasteiger charge is -1.88. The van der Waals surface area contributed by atoms with Crippen LogP contribution in [0.2, 0.25) is 0 Å². The highest BCUT2D eigenvalue weighted by molar-refractivity contribution is 5.91. The first-order valence-electron chi connectivity index (χ1n) is 4.33. The quantitative estimate of drug-likeness (QED) is 0.322. The third kappa shape index (κ3) is 16.0. The van der Waals surface area contributed by atoms with Gasteiger partial charge in [0.15, 0.2) is 5.78 Å². The Labute approximate surface area is 98.2 Å². The zero-order valence-electron chi connectivity index (χ0n) is 9.13. The van der Waals surface area contributed by atoms with Gasteiger partial charge >= 0.3 is 0 Å². The van der Waals surface area contributed by atoms with E-state index in [-0.39, 0.29) is 5.78 Å². The van der Waals surface area contributed by atoms with Gasteiger partial charge in [0.05, 0.1) is 0 Å². The largest absolute Gasteiger partial charge is 0.373 e. The van der Waals surface area contributed by atoms with Gasteiger partial charge in [-0.2, -0.15) is 0 Å². The van der Waals surface area contributed by atoms with Crippen LogP contribution >= 0.6 is 0 Å². The van der Waals surface area contributed by atoms with Gasteiger partial charge < -0.3 is 22.1 Å². The summed E-state index contributed by atoms with van der Waals surface area (Å²) in [5, 5.41) is 0. The Morgan fingerprint density at radius 1 is 1.06 bits per heavy atom. The smallest absolute Gasteiger partial charge is 0.152 e. The van der Waals surface area contributed by atoms with Crippen molar-refractivity contribution in [2.45, 2.75) is 6.92 Å². The Morgan fingerprint density at radius 2 is 1.47 bits per heavy atom. The van der Waals surface area contributed by atoms with E-state index in [4.69, 9.17) is 22.1 Å². The van der Waals surface area contributed by atoms with E-state index >= 15 is 0 Å². The summed E-state index contributed by atoms with van der Waals surface area (Å²) in [7, 11) is 0. The van der Waals surface area contributed by atoms with Crippen LogP contribution in [-0.2, 0) is 4.79 Å². The topological polar surface area (TPSA) is 134 Å². The molecule has 0 aliphatic carbocycles. The lowest BCUT2D eigenvalue weighted by molar-refractivity contribution is -0.112. The van der Waals surface area contributed by atoms with Gasteiger partial charge in [0, 0.05) is 0 Å². The summed E-state index contributed by atoms with van der Waals surface area (Å²) in [5.41, 5.74) is 28.1. The standard InChI is InChI=1S/C10H10O.2N3/c1-9(11)7-8-10-5-3-2-4-6-10;2*1-3-2/h2-8H,1H3;;/q;2*-1. The fourth-order valence-corrected chi connectivity index (χ4v) is 0.778. The van der Waals surface area contributed by atoms with Gasteiger partial charge in [-0.1, -0.05) is 36.4 Å². The molecule has 0 heterocycles. The van der Waals surface area contributed by atoms with Crippen molar-refractivity contribution in [2.24, 2.45) is 0 Å². The van der Waals surface area contributed by atoms with Gasteiger partial charge in [-0.3, -0.25) is 14.6 Å². The highest BCUT2D eigenvalue weighted by atomic mass is 16.1. The second kappa shape index (κ2) is 13.2. The van der Waals surface area contributed by atoms with E-state index in [0.29, 0.717) is 0 Å². The van der Waals surface area contributed by atoms with Crippen LogP contribution in [-0.4, -0.2) is 5.78 Å². The van der Waals surface area contributed by atoms with Gasteiger partial charge in [0.2, 0.25) is 0 Å². The molecule has 0 aromatic heterocycles. The molecule has 0 fully saturated rings. The summed E-state index contributed by atoms with van der Waals surface area (Å²) in [6.45, 7) is 1.54. The van der Waals surface area contributed by atoms with Gasteiger partial charge in [-0.25, -0.2) is 0 Å². The molecule has 1 aromatic rings. The summed E-state index contributed by atoms with van der Waals surface area (Å²) in [6.07, 6.45) is 3.37. The van der Waals surface area contributed by atoms with Crippen LogP contribution < -0.4 is 0 Å². The van der Waals surface area contributed by atoms with Gasteiger partial charge in [0.25, 0.3) is 0 Å². The molecule has 1 rings (SSSR count). The van der Waals surface area contributed by atoms with Crippen LogP contribution in [0.3, 0.4) is 0 Å². The summed E-state index contributed by atoms with van der Waals surface area (Å²) < 4.78 is 0. The van der Waals surface area contributed by atoms with Crippen molar-refractivity contribution < 1.29 is 4.79 Å². The first kappa shape index (κ1) is 16.7. The van der Waals surface area contributed by atoms with E-state index in [1.807, 2.05) is 36.4 Å². The third-order valence-corrected chi connectivity index (χ3v) is 1.31. The molecule has 0 bridgehead atoms. The molecule has 88 valence electrons. The molecule has 7 nitrogen and oxygen atoms in total. The minimum atomic E-state index is 0.0776. The van der Waals surface area contributed by atoms with E-state index in [1.165, 1.54) is 9.82 Å². The number of ketones is 1. The number of hydrogen-bond donors (Lipinski definition) is 0. The summed E-state index contributed by atoms with van der Waals surface area (Å²) >= 11 is 0. The molecule has 7 heteroatoms.